The molecular formula is C18H16N2O. The van der Waals surface area contributed by atoms with Gasteiger partial charge in [-0.1, -0.05) is 60.7 Å². The summed E-state index contributed by atoms with van der Waals surface area (Å²) in [5.74, 6) is 0.830. The Morgan fingerprint density at radius 2 is 1.67 bits per heavy atom. The number of Topliss-reactive ketones (excluding diaryl/α,β-unsaturated/α-hetero) is 1. The molecule has 1 aliphatic rings. The lowest BCUT2D eigenvalue weighted by molar-refractivity contribution is -0.114. The van der Waals surface area contributed by atoms with Crippen LogP contribution in [-0.2, 0) is 11.3 Å². The van der Waals surface area contributed by atoms with Crippen molar-refractivity contribution in [3.05, 3.63) is 77.5 Å². The van der Waals surface area contributed by atoms with E-state index in [0.717, 1.165) is 17.0 Å². The van der Waals surface area contributed by atoms with Gasteiger partial charge in [0.05, 0.1) is 18.7 Å². The predicted octanol–water partition coefficient (Wildman–Crippen LogP) is 3.19. The van der Waals surface area contributed by atoms with Gasteiger partial charge in [-0.25, -0.2) is 0 Å². The van der Waals surface area contributed by atoms with Gasteiger partial charge in [-0.05, 0) is 17.2 Å². The highest BCUT2D eigenvalue weighted by molar-refractivity contribution is 6.18. The molecule has 0 saturated carbocycles. The summed E-state index contributed by atoms with van der Waals surface area (Å²) in [6, 6.07) is 19.8. The summed E-state index contributed by atoms with van der Waals surface area (Å²) in [6.45, 7) is 0.592. The summed E-state index contributed by atoms with van der Waals surface area (Å²) in [4.78, 5) is 16.5. The quantitative estimate of drug-likeness (QED) is 0.875. The third kappa shape index (κ3) is 3.45. The molecule has 2 aromatic rings. The predicted molar refractivity (Wildman–Crippen MR) is 84.8 cm³/mol. The maximum atomic E-state index is 12.0. The number of amidine groups is 1. The van der Waals surface area contributed by atoms with Crippen molar-refractivity contribution in [2.24, 2.45) is 4.99 Å². The van der Waals surface area contributed by atoms with Gasteiger partial charge in [0.1, 0.15) is 5.84 Å². The third-order valence-corrected chi connectivity index (χ3v) is 3.31. The van der Waals surface area contributed by atoms with Crippen molar-refractivity contribution in [3.63, 3.8) is 0 Å². The molecule has 3 rings (SSSR count). The SMILES string of the molecule is O=C1CC(=NCc2ccccc2)N/C1=C\c1ccccc1. The first-order valence-corrected chi connectivity index (χ1v) is 6.95. The van der Waals surface area contributed by atoms with Gasteiger partial charge in [-0.2, -0.15) is 0 Å². The zero-order valence-electron chi connectivity index (χ0n) is 11.6. The summed E-state index contributed by atoms with van der Waals surface area (Å²) in [5, 5.41) is 3.12. The number of nitrogens with zero attached hydrogens (tertiary/aromatic N) is 1. The number of nitrogens with one attached hydrogen (secondary N) is 1. The number of aliphatic imine (C=N–C) groups is 1. The number of ketones is 1. The number of hydrogen-bond donors (Lipinski definition) is 1. The zero-order valence-corrected chi connectivity index (χ0v) is 11.6. The Bertz CT molecular complexity index is 688. The molecule has 0 aliphatic carbocycles. The van der Waals surface area contributed by atoms with E-state index in [0.29, 0.717) is 18.7 Å². The molecule has 1 heterocycles. The maximum absolute atomic E-state index is 12.0. The van der Waals surface area contributed by atoms with Crippen LogP contribution in [0.2, 0.25) is 0 Å². The van der Waals surface area contributed by atoms with Gasteiger partial charge in [0.15, 0.2) is 5.78 Å². The van der Waals surface area contributed by atoms with E-state index >= 15 is 0 Å². The fourth-order valence-electron chi connectivity index (χ4n) is 2.21. The molecule has 1 saturated heterocycles. The van der Waals surface area contributed by atoms with Crippen molar-refractivity contribution in [2.75, 3.05) is 0 Å². The lowest BCUT2D eigenvalue weighted by Crippen LogP contribution is -2.13. The Labute approximate surface area is 124 Å². The standard InChI is InChI=1S/C18H16N2O/c21-17-12-18(19-13-15-9-5-2-6-10-15)20-16(17)11-14-7-3-1-4-8-14/h1-11H,12-13H2,(H,19,20)/b16-11-. The summed E-state index contributed by atoms with van der Waals surface area (Å²) in [5.41, 5.74) is 2.77. The Morgan fingerprint density at radius 3 is 2.38 bits per heavy atom. The minimum Gasteiger partial charge on any atom is -0.341 e. The average molecular weight is 276 g/mol. The fourth-order valence-corrected chi connectivity index (χ4v) is 2.21. The minimum atomic E-state index is 0.0886. The third-order valence-electron chi connectivity index (χ3n) is 3.31. The highest BCUT2D eigenvalue weighted by Crippen LogP contribution is 2.13. The minimum absolute atomic E-state index is 0.0886. The molecule has 0 amide bonds. The molecule has 3 heteroatoms. The number of rotatable bonds is 3. The Morgan fingerprint density at radius 1 is 1.00 bits per heavy atom. The molecule has 0 atom stereocenters. The molecule has 0 aromatic heterocycles. The second kappa shape index (κ2) is 6.18. The molecule has 2 aromatic carbocycles. The second-order valence-corrected chi connectivity index (χ2v) is 4.94. The van der Waals surface area contributed by atoms with Crippen LogP contribution in [0.4, 0.5) is 0 Å². The molecule has 1 N–H and O–H groups in total. The average Bonchev–Trinajstić information content (AvgIpc) is 2.87. The van der Waals surface area contributed by atoms with E-state index in [9.17, 15) is 4.79 Å². The van der Waals surface area contributed by atoms with Crippen LogP contribution in [0.25, 0.3) is 6.08 Å². The van der Waals surface area contributed by atoms with Crippen LogP contribution >= 0.6 is 0 Å². The van der Waals surface area contributed by atoms with E-state index < -0.39 is 0 Å². The van der Waals surface area contributed by atoms with Crippen LogP contribution in [-0.4, -0.2) is 11.6 Å². The van der Waals surface area contributed by atoms with Crippen molar-refractivity contribution in [3.8, 4) is 0 Å². The smallest absolute Gasteiger partial charge is 0.186 e. The first-order valence-electron chi connectivity index (χ1n) is 6.95. The zero-order chi connectivity index (χ0) is 14.5. The van der Waals surface area contributed by atoms with E-state index in [-0.39, 0.29) is 5.78 Å². The molecule has 0 radical (unpaired) electrons. The van der Waals surface area contributed by atoms with Crippen LogP contribution in [0.3, 0.4) is 0 Å². The van der Waals surface area contributed by atoms with Crippen molar-refractivity contribution in [1.82, 2.24) is 5.32 Å². The number of carbonyl (C=O) groups is 1. The van der Waals surface area contributed by atoms with Gasteiger partial charge >= 0.3 is 0 Å². The van der Waals surface area contributed by atoms with Crippen molar-refractivity contribution in [1.29, 1.82) is 0 Å². The molecule has 0 unspecified atom stereocenters. The topological polar surface area (TPSA) is 41.5 Å². The Kier molecular flexibility index (Phi) is 3.92. The molecule has 0 bridgehead atoms. The molecule has 3 nitrogen and oxygen atoms in total. The number of allylic oxidation sites excluding steroid dienone is 1. The van der Waals surface area contributed by atoms with E-state index in [1.807, 2.05) is 66.7 Å². The highest BCUT2D eigenvalue weighted by Gasteiger charge is 2.22. The molecule has 104 valence electrons. The summed E-state index contributed by atoms with van der Waals surface area (Å²) < 4.78 is 0. The van der Waals surface area contributed by atoms with E-state index in [4.69, 9.17) is 0 Å². The number of benzene rings is 2. The van der Waals surface area contributed by atoms with Crippen molar-refractivity contribution >= 4 is 17.7 Å². The van der Waals surface area contributed by atoms with Crippen molar-refractivity contribution in [2.45, 2.75) is 13.0 Å². The Balaban J connectivity index is 1.71. The lowest BCUT2D eigenvalue weighted by atomic mass is 10.1. The fraction of sp³-hybridized carbons (Fsp3) is 0.111. The molecule has 1 fully saturated rings. The highest BCUT2D eigenvalue weighted by atomic mass is 16.1. The normalized spacial score (nSPS) is 18.2. The monoisotopic (exact) mass is 276 g/mol. The maximum Gasteiger partial charge on any atom is 0.186 e. The number of hydrogen-bond acceptors (Lipinski definition) is 2. The van der Waals surface area contributed by atoms with Gasteiger partial charge in [0, 0.05) is 0 Å². The van der Waals surface area contributed by atoms with Crippen LogP contribution in [0, 0.1) is 0 Å². The Hall–Kier alpha value is -2.68. The van der Waals surface area contributed by atoms with Crippen LogP contribution in [0.15, 0.2) is 71.4 Å². The summed E-state index contributed by atoms with van der Waals surface area (Å²) >= 11 is 0. The second-order valence-electron chi connectivity index (χ2n) is 4.94. The van der Waals surface area contributed by atoms with E-state index in [1.165, 1.54) is 0 Å². The molecule has 21 heavy (non-hydrogen) atoms. The number of carbonyl (C=O) groups excluding carboxylic acids is 1. The van der Waals surface area contributed by atoms with Crippen LogP contribution in [0.5, 0.6) is 0 Å². The molecular weight excluding hydrogens is 260 g/mol. The lowest BCUT2D eigenvalue weighted by Gasteiger charge is -2.00. The van der Waals surface area contributed by atoms with E-state index in [1.54, 1.807) is 0 Å². The van der Waals surface area contributed by atoms with E-state index in [2.05, 4.69) is 10.3 Å². The van der Waals surface area contributed by atoms with Gasteiger partial charge in [-0.3, -0.25) is 9.79 Å². The first-order chi connectivity index (χ1) is 10.3. The largest absolute Gasteiger partial charge is 0.341 e. The summed E-state index contributed by atoms with van der Waals surface area (Å²) in [7, 11) is 0. The van der Waals surface area contributed by atoms with Crippen LogP contribution in [0.1, 0.15) is 17.5 Å². The van der Waals surface area contributed by atoms with Crippen LogP contribution < -0.4 is 5.32 Å². The van der Waals surface area contributed by atoms with Gasteiger partial charge in [0.25, 0.3) is 0 Å². The van der Waals surface area contributed by atoms with Gasteiger partial charge in [0.2, 0.25) is 0 Å². The van der Waals surface area contributed by atoms with Gasteiger partial charge in [-0.15, -0.1) is 0 Å². The van der Waals surface area contributed by atoms with Crippen molar-refractivity contribution < 1.29 is 4.79 Å². The first kappa shape index (κ1) is 13.3. The summed E-state index contributed by atoms with van der Waals surface area (Å²) in [6.07, 6.45) is 2.22. The molecule has 1 aliphatic heterocycles. The van der Waals surface area contributed by atoms with Gasteiger partial charge < -0.3 is 5.32 Å². The molecule has 0 spiro atoms.